The minimum Gasteiger partial charge on any atom is -0.496 e. The molecular formula is C27H27FN2O. The number of nitrogens with one attached hydrogen (secondary N) is 1. The summed E-state index contributed by atoms with van der Waals surface area (Å²) >= 11 is 0. The smallest absolute Gasteiger partial charge is 0.129 e. The molecule has 158 valence electrons. The van der Waals surface area contributed by atoms with Gasteiger partial charge in [0, 0.05) is 40.8 Å². The lowest BCUT2D eigenvalue weighted by Crippen LogP contribution is -2.33. The molecule has 0 saturated carbocycles. The van der Waals surface area contributed by atoms with Gasteiger partial charge in [0.15, 0.2) is 0 Å². The van der Waals surface area contributed by atoms with Gasteiger partial charge in [-0.3, -0.25) is 0 Å². The highest BCUT2D eigenvalue weighted by Gasteiger charge is 2.37. The first-order chi connectivity index (χ1) is 14.8. The summed E-state index contributed by atoms with van der Waals surface area (Å²) in [5.41, 5.74) is 10.4. The van der Waals surface area contributed by atoms with Crippen molar-refractivity contribution in [1.82, 2.24) is 0 Å². The van der Waals surface area contributed by atoms with Crippen LogP contribution >= 0.6 is 0 Å². The third kappa shape index (κ3) is 3.09. The molecule has 0 aromatic heterocycles. The molecule has 4 heteroatoms. The molecule has 0 bridgehead atoms. The Kier molecular flexibility index (Phi) is 4.37. The Morgan fingerprint density at radius 3 is 2.42 bits per heavy atom. The van der Waals surface area contributed by atoms with Gasteiger partial charge in [-0.15, -0.1) is 0 Å². The Morgan fingerprint density at radius 1 is 1.00 bits per heavy atom. The summed E-state index contributed by atoms with van der Waals surface area (Å²) in [6.45, 7) is 9.49. The molecule has 0 spiro atoms. The maximum absolute atomic E-state index is 13.9. The number of para-hydroxylation sites is 1. The summed E-state index contributed by atoms with van der Waals surface area (Å²) in [7, 11) is 1.59. The van der Waals surface area contributed by atoms with Crippen molar-refractivity contribution in [2.75, 3.05) is 17.3 Å². The number of hydrogen-bond donors (Lipinski definition) is 1. The van der Waals surface area contributed by atoms with E-state index in [1.165, 1.54) is 45.8 Å². The van der Waals surface area contributed by atoms with Crippen LogP contribution in [0.5, 0.6) is 5.75 Å². The fourth-order valence-corrected chi connectivity index (χ4v) is 5.03. The molecule has 3 aromatic rings. The number of anilines is 2. The van der Waals surface area contributed by atoms with Gasteiger partial charge in [0.2, 0.25) is 0 Å². The molecule has 3 nitrogen and oxygen atoms in total. The number of ether oxygens (including phenoxy) is 1. The highest BCUT2D eigenvalue weighted by molar-refractivity contribution is 5.98. The molecule has 0 aliphatic carbocycles. The zero-order chi connectivity index (χ0) is 21.9. The molecule has 1 N–H and O–H groups in total. The number of aryl methyl sites for hydroxylation is 2. The molecule has 0 unspecified atom stereocenters. The van der Waals surface area contributed by atoms with E-state index in [-0.39, 0.29) is 11.4 Å². The van der Waals surface area contributed by atoms with Gasteiger partial charge in [-0.2, -0.15) is 0 Å². The van der Waals surface area contributed by atoms with Gasteiger partial charge in [-0.25, -0.2) is 4.39 Å². The Hall–Kier alpha value is -3.27. The average Bonchev–Trinajstić information content (AvgIpc) is 3.07. The van der Waals surface area contributed by atoms with Gasteiger partial charge in [0.1, 0.15) is 11.6 Å². The topological polar surface area (TPSA) is 24.5 Å². The van der Waals surface area contributed by atoms with E-state index in [2.05, 4.69) is 74.3 Å². The summed E-state index contributed by atoms with van der Waals surface area (Å²) < 4.78 is 19.4. The first kappa shape index (κ1) is 19.7. The third-order valence-electron chi connectivity index (χ3n) is 6.29. The second kappa shape index (κ2) is 6.88. The van der Waals surface area contributed by atoms with E-state index >= 15 is 0 Å². The quantitative estimate of drug-likeness (QED) is 0.517. The van der Waals surface area contributed by atoms with E-state index in [1.54, 1.807) is 7.11 Å². The van der Waals surface area contributed by atoms with Crippen molar-refractivity contribution >= 4 is 17.1 Å². The van der Waals surface area contributed by atoms with Crippen molar-refractivity contribution in [1.29, 1.82) is 0 Å². The Labute approximate surface area is 183 Å². The van der Waals surface area contributed by atoms with E-state index < -0.39 is 0 Å². The number of benzene rings is 3. The Morgan fingerprint density at radius 2 is 1.71 bits per heavy atom. The van der Waals surface area contributed by atoms with Crippen LogP contribution in [0.15, 0.2) is 54.6 Å². The minimum absolute atomic E-state index is 0.159. The molecular weight excluding hydrogens is 387 g/mol. The van der Waals surface area contributed by atoms with Crippen molar-refractivity contribution in [3.63, 3.8) is 0 Å². The van der Waals surface area contributed by atoms with Gasteiger partial charge >= 0.3 is 0 Å². The van der Waals surface area contributed by atoms with E-state index in [0.717, 1.165) is 23.4 Å². The molecule has 3 aromatic carbocycles. The van der Waals surface area contributed by atoms with Crippen LogP contribution in [0.3, 0.4) is 0 Å². The lowest BCUT2D eigenvalue weighted by atomic mass is 9.89. The van der Waals surface area contributed by atoms with Crippen molar-refractivity contribution in [3.8, 4) is 16.9 Å². The first-order valence-corrected chi connectivity index (χ1v) is 10.6. The highest BCUT2D eigenvalue weighted by Crippen LogP contribution is 2.50. The van der Waals surface area contributed by atoms with Gasteiger partial charge in [-0.1, -0.05) is 24.3 Å². The minimum atomic E-state index is -0.295. The largest absolute Gasteiger partial charge is 0.496 e. The van der Waals surface area contributed by atoms with E-state index in [4.69, 9.17) is 4.74 Å². The molecule has 0 atom stereocenters. The summed E-state index contributed by atoms with van der Waals surface area (Å²) in [6, 6.07) is 15.5. The number of hydrogen-bond acceptors (Lipinski definition) is 3. The average molecular weight is 415 g/mol. The molecule has 5 rings (SSSR count). The maximum Gasteiger partial charge on any atom is 0.129 e. The number of rotatable bonds is 3. The summed E-state index contributed by atoms with van der Waals surface area (Å²) in [6.07, 6.45) is 2.32. The molecule has 0 fully saturated rings. The second-order valence-electron chi connectivity index (χ2n) is 9.06. The monoisotopic (exact) mass is 414 g/mol. The van der Waals surface area contributed by atoms with E-state index in [9.17, 15) is 4.39 Å². The molecule has 0 radical (unpaired) electrons. The van der Waals surface area contributed by atoms with E-state index in [0.29, 0.717) is 5.75 Å². The Balaban J connectivity index is 1.76. The molecule has 2 heterocycles. The maximum atomic E-state index is 13.9. The lowest BCUT2D eigenvalue weighted by molar-refractivity contribution is 0.413. The normalized spacial score (nSPS) is 15.9. The van der Waals surface area contributed by atoms with Gasteiger partial charge in [0.25, 0.3) is 0 Å². The van der Waals surface area contributed by atoms with Crippen molar-refractivity contribution in [2.45, 2.75) is 39.8 Å². The second-order valence-corrected chi connectivity index (χ2v) is 9.06. The van der Waals surface area contributed by atoms with Crippen molar-refractivity contribution in [3.05, 3.63) is 82.7 Å². The lowest BCUT2D eigenvalue weighted by Gasteiger charge is -2.34. The molecule has 31 heavy (non-hydrogen) atoms. The van der Waals surface area contributed by atoms with Crippen LogP contribution in [0.1, 0.15) is 36.1 Å². The number of halogens is 1. The fraction of sp³-hybridized carbons (Fsp3) is 0.259. The summed E-state index contributed by atoms with van der Waals surface area (Å²) in [5.74, 6) is 0.257. The molecule has 2 aliphatic heterocycles. The molecule has 0 amide bonds. The van der Waals surface area contributed by atoms with Crippen LogP contribution in [0.4, 0.5) is 15.8 Å². The Bertz CT molecular complexity index is 1220. The summed E-state index contributed by atoms with van der Waals surface area (Å²) in [5, 5.41) is 3.67. The number of nitrogens with zero attached hydrogens (tertiary/aromatic N) is 1. The van der Waals surface area contributed by atoms with Crippen molar-refractivity contribution in [2.24, 2.45) is 0 Å². The first-order valence-electron chi connectivity index (χ1n) is 10.6. The SMILES string of the molecule is COc1cc(F)ccc1-c1ccc2c3c1CN(c1c(C)cccc1C)C3=CC(C)(C)N2. The fourth-order valence-electron chi connectivity index (χ4n) is 5.03. The summed E-state index contributed by atoms with van der Waals surface area (Å²) in [4.78, 5) is 2.43. The van der Waals surface area contributed by atoms with Gasteiger partial charge in [-0.05, 0) is 74.2 Å². The van der Waals surface area contributed by atoms with Crippen LogP contribution in [-0.4, -0.2) is 12.6 Å². The van der Waals surface area contributed by atoms with Crippen molar-refractivity contribution < 1.29 is 9.13 Å². The van der Waals surface area contributed by atoms with Crippen LogP contribution in [0, 0.1) is 19.7 Å². The zero-order valence-corrected chi connectivity index (χ0v) is 18.6. The van der Waals surface area contributed by atoms with Crippen LogP contribution < -0.4 is 15.0 Å². The predicted octanol–water partition coefficient (Wildman–Crippen LogP) is 6.68. The standard InChI is InChI=1S/C27H27FN2O/c1-16-7-6-8-17(2)26(16)30-15-21-19(20-10-9-18(28)13-24(20)31-5)11-12-22-25(21)23(30)14-27(3,4)29-22/h6-14,29H,15H2,1-5H3. The van der Waals surface area contributed by atoms with Gasteiger partial charge in [0.05, 0.1) is 12.6 Å². The molecule has 2 aliphatic rings. The van der Waals surface area contributed by atoms with Crippen LogP contribution in [0.25, 0.3) is 16.8 Å². The van der Waals surface area contributed by atoms with Crippen LogP contribution in [-0.2, 0) is 6.54 Å². The van der Waals surface area contributed by atoms with Crippen LogP contribution in [0.2, 0.25) is 0 Å². The molecule has 0 saturated heterocycles. The van der Waals surface area contributed by atoms with Gasteiger partial charge < -0.3 is 15.0 Å². The highest BCUT2D eigenvalue weighted by atomic mass is 19.1. The predicted molar refractivity (Wildman–Crippen MR) is 126 cm³/mol. The number of methoxy groups -OCH3 is 1. The zero-order valence-electron chi connectivity index (χ0n) is 18.6. The van der Waals surface area contributed by atoms with E-state index in [1.807, 2.05) is 6.07 Å². The third-order valence-corrected chi connectivity index (χ3v) is 6.29.